The first-order chi connectivity index (χ1) is 13.3. The lowest BCUT2D eigenvalue weighted by atomic mass is 10.00. The van der Waals surface area contributed by atoms with Crippen LogP contribution >= 0.6 is 0 Å². The number of benzene rings is 2. The highest BCUT2D eigenvalue weighted by Crippen LogP contribution is 2.33. The minimum absolute atomic E-state index is 0.274. The van der Waals surface area contributed by atoms with Gasteiger partial charge in [0.1, 0.15) is 18.1 Å². The number of rotatable bonds is 9. The van der Waals surface area contributed by atoms with Crippen LogP contribution in [-0.4, -0.2) is 30.1 Å². The van der Waals surface area contributed by atoms with Crippen molar-refractivity contribution in [1.29, 1.82) is 0 Å². The van der Waals surface area contributed by atoms with Gasteiger partial charge in [-0.2, -0.15) is 0 Å². The van der Waals surface area contributed by atoms with E-state index in [1.807, 2.05) is 25.1 Å². The van der Waals surface area contributed by atoms with Crippen LogP contribution in [0.4, 0.5) is 0 Å². The molecule has 28 heavy (non-hydrogen) atoms. The summed E-state index contributed by atoms with van der Waals surface area (Å²) in [6.45, 7) is 14.4. The molecule has 0 bridgehead atoms. The van der Waals surface area contributed by atoms with Crippen molar-refractivity contribution in [1.82, 2.24) is 4.90 Å². The van der Waals surface area contributed by atoms with Crippen molar-refractivity contribution in [2.75, 3.05) is 13.2 Å². The number of nitrogens with zero attached hydrogens (tertiary/aromatic N) is 1. The molecule has 0 saturated heterocycles. The predicted molar refractivity (Wildman–Crippen MR) is 114 cm³/mol. The highest BCUT2D eigenvalue weighted by molar-refractivity contribution is 5.70. The van der Waals surface area contributed by atoms with Crippen LogP contribution in [0.1, 0.15) is 57.2 Å². The smallest absolute Gasteiger partial charge is 0.308 e. The predicted octanol–water partition coefficient (Wildman–Crippen LogP) is 5.33. The molecule has 0 radical (unpaired) electrons. The molecule has 0 N–H and O–H groups in total. The zero-order valence-corrected chi connectivity index (χ0v) is 18.0. The van der Waals surface area contributed by atoms with Crippen molar-refractivity contribution in [2.24, 2.45) is 0 Å². The van der Waals surface area contributed by atoms with Gasteiger partial charge in [-0.3, -0.25) is 9.69 Å². The van der Waals surface area contributed by atoms with E-state index in [0.717, 1.165) is 30.0 Å². The molecule has 0 aliphatic carbocycles. The fourth-order valence-corrected chi connectivity index (χ4v) is 3.13. The average molecular weight is 384 g/mol. The maximum absolute atomic E-state index is 11.3. The second kappa shape index (κ2) is 10.3. The molecule has 2 aromatic rings. The fraction of sp³-hybridized carbons (Fsp3) is 0.458. The van der Waals surface area contributed by atoms with Crippen LogP contribution in [0.2, 0.25) is 0 Å². The van der Waals surface area contributed by atoms with Crippen molar-refractivity contribution in [3.05, 3.63) is 59.2 Å². The lowest BCUT2D eigenvalue weighted by molar-refractivity contribution is -0.131. The summed E-state index contributed by atoms with van der Waals surface area (Å²) in [6.07, 6.45) is 0. The van der Waals surface area contributed by atoms with E-state index in [4.69, 9.17) is 9.47 Å². The number of carbonyl (C=O) groups excluding carboxylic acids is 1. The molecular formula is C24H33NO3. The molecule has 0 spiro atoms. The first kappa shape index (κ1) is 22.0. The molecule has 4 nitrogen and oxygen atoms in total. The van der Waals surface area contributed by atoms with Gasteiger partial charge in [0.15, 0.2) is 0 Å². The number of hydrogen-bond acceptors (Lipinski definition) is 4. The summed E-state index contributed by atoms with van der Waals surface area (Å²) in [4.78, 5) is 13.7. The van der Waals surface area contributed by atoms with E-state index in [1.54, 1.807) is 0 Å². The Labute approximate surface area is 169 Å². The van der Waals surface area contributed by atoms with Crippen LogP contribution in [-0.2, 0) is 11.3 Å². The molecule has 0 aromatic heterocycles. The standard InChI is InChI=1S/C24H33NO3/c1-17(2)22-15-23(28-20(6)26)19(5)14-24(22)27-13-12-25(18(3)4)16-21-10-8-7-9-11-21/h7-11,14-15,17-18H,12-13,16H2,1-6H3. The van der Waals surface area contributed by atoms with Gasteiger partial charge < -0.3 is 9.47 Å². The molecule has 0 amide bonds. The van der Waals surface area contributed by atoms with Crippen LogP contribution in [0.15, 0.2) is 42.5 Å². The molecule has 2 aromatic carbocycles. The van der Waals surface area contributed by atoms with Gasteiger partial charge in [0, 0.05) is 31.6 Å². The Hall–Kier alpha value is -2.33. The minimum Gasteiger partial charge on any atom is -0.492 e. The highest BCUT2D eigenvalue weighted by Gasteiger charge is 2.15. The van der Waals surface area contributed by atoms with Gasteiger partial charge in [0.05, 0.1) is 0 Å². The first-order valence-corrected chi connectivity index (χ1v) is 10.0. The van der Waals surface area contributed by atoms with Crippen LogP contribution in [0, 0.1) is 6.92 Å². The Morgan fingerprint density at radius 3 is 2.29 bits per heavy atom. The lowest BCUT2D eigenvalue weighted by Gasteiger charge is -2.27. The molecule has 0 aliphatic rings. The van der Waals surface area contributed by atoms with Crippen LogP contribution < -0.4 is 9.47 Å². The molecule has 4 heteroatoms. The summed E-state index contributed by atoms with van der Waals surface area (Å²) in [7, 11) is 0. The number of hydrogen-bond donors (Lipinski definition) is 0. The monoisotopic (exact) mass is 383 g/mol. The van der Waals surface area contributed by atoms with Crippen molar-refractivity contribution in [3.63, 3.8) is 0 Å². The largest absolute Gasteiger partial charge is 0.492 e. The number of ether oxygens (including phenoxy) is 2. The van der Waals surface area contributed by atoms with E-state index in [1.165, 1.54) is 12.5 Å². The van der Waals surface area contributed by atoms with Crippen molar-refractivity contribution in [2.45, 2.75) is 60.0 Å². The maximum atomic E-state index is 11.3. The second-order valence-corrected chi connectivity index (χ2v) is 7.80. The first-order valence-electron chi connectivity index (χ1n) is 10.0. The molecule has 0 aliphatic heterocycles. The van der Waals surface area contributed by atoms with Gasteiger partial charge in [-0.25, -0.2) is 0 Å². The summed E-state index contributed by atoms with van der Waals surface area (Å²) in [5, 5.41) is 0. The molecule has 0 saturated carbocycles. The number of carbonyl (C=O) groups is 1. The van der Waals surface area contributed by atoms with E-state index in [9.17, 15) is 4.79 Å². The molecule has 0 fully saturated rings. The third kappa shape index (κ3) is 6.38. The van der Waals surface area contributed by atoms with Gasteiger partial charge in [0.2, 0.25) is 0 Å². The fourth-order valence-electron chi connectivity index (χ4n) is 3.13. The third-order valence-electron chi connectivity index (χ3n) is 4.78. The van der Waals surface area contributed by atoms with Gasteiger partial charge in [-0.05, 0) is 49.9 Å². The summed E-state index contributed by atoms with van der Waals surface area (Å²) >= 11 is 0. The average Bonchev–Trinajstić information content (AvgIpc) is 2.63. The zero-order valence-electron chi connectivity index (χ0n) is 18.0. The quantitative estimate of drug-likeness (QED) is 0.433. The van der Waals surface area contributed by atoms with E-state index in [2.05, 4.69) is 56.9 Å². The molecular weight excluding hydrogens is 350 g/mol. The summed E-state index contributed by atoms with van der Waals surface area (Å²) in [5.74, 6) is 1.44. The van der Waals surface area contributed by atoms with Gasteiger partial charge >= 0.3 is 5.97 Å². The maximum Gasteiger partial charge on any atom is 0.308 e. The van der Waals surface area contributed by atoms with Gasteiger partial charge in [-0.1, -0.05) is 44.2 Å². The summed E-state index contributed by atoms with van der Waals surface area (Å²) < 4.78 is 11.5. The molecule has 152 valence electrons. The van der Waals surface area contributed by atoms with Crippen LogP contribution in [0.5, 0.6) is 11.5 Å². The molecule has 0 atom stereocenters. The summed E-state index contributed by atoms with van der Waals surface area (Å²) in [6, 6.07) is 14.8. The highest BCUT2D eigenvalue weighted by atomic mass is 16.5. The number of aryl methyl sites for hydroxylation is 1. The van der Waals surface area contributed by atoms with Crippen molar-refractivity contribution >= 4 is 5.97 Å². The second-order valence-electron chi connectivity index (χ2n) is 7.80. The Bertz CT molecular complexity index is 769. The lowest BCUT2D eigenvalue weighted by Crippen LogP contribution is -2.34. The third-order valence-corrected chi connectivity index (χ3v) is 4.78. The summed E-state index contributed by atoms with van der Waals surface area (Å²) in [5.41, 5.74) is 3.27. The Morgan fingerprint density at radius 2 is 1.71 bits per heavy atom. The van der Waals surface area contributed by atoms with Crippen LogP contribution in [0.25, 0.3) is 0 Å². The van der Waals surface area contributed by atoms with E-state index >= 15 is 0 Å². The Balaban J connectivity index is 2.07. The SMILES string of the molecule is CC(=O)Oc1cc(C(C)C)c(OCCN(Cc2ccccc2)C(C)C)cc1C. The van der Waals surface area contributed by atoms with Crippen molar-refractivity contribution in [3.8, 4) is 11.5 Å². The molecule has 2 rings (SSSR count). The number of esters is 1. The van der Waals surface area contributed by atoms with Crippen LogP contribution in [0.3, 0.4) is 0 Å². The van der Waals surface area contributed by atoms with E-state index in [-0.39, 0.29) is 11.9 Å². The zero-order chi connectivity index (χ0) is 20.7. The van der Waals surface area contributed by atoms with E-state index in [0.29, 0.717) is 18.4 Å². The van der Waals surface area contributed by atoms with Crippen molar-refractivity contribution < 1.29 is 14.3 Å². The van der Waals surface area contributed by atoms with E-state index < -0.39 is 0 Å². The normalized spacial score (nSPS) is 11.3. The molecule has 0 heterocycles. The minimum atomic E-state index is -0.306. The Morgan fingerprint density at radius 1 is 1.04 bits per heavy atom. The van der Waals surface area contributed by atoms with Gasteiger partial charge in [-0.15, -0.1) is 0 Å². The molecule has 0 unspecified atom stereocenters. The Kier molecular flexibility index (Phi) is 8.06. The van der Waals surface area contributed by atoms with Gasteiger partial charge in [0.25, 0.3) is 0 Å². The topological polar surface area (TPSA) is 38.8 Å².